The summed E-state index contributed by atoms with van der Waals surface area (Å²) in [5.41, 5.74) is 4.49. The average molecular weight is 265 g/mol. The fourth-order valence-corrected chi connectivity index (χ4v) is 3.36. The van der Waals surface area contributed by atoms with Crippen molar-refractivity contribution in [3.05, 3.63) is 48.0 Å². The summed E-state index contributed by atoms with van der Waals surface area (Å²) in [5.74, 6) is 2.23. The predicted octanol–water partition coefficient (Wildman–Crippen LogP) is 3.82. The highest BCUT2D eigenvalue weighted by molar-refractivity contribution is 5.74. The van der Waals surface area contributed by atoms with Crippen molar-refractivity contribution < 1.29 is 5.11 Å². The van der Waals surface area contributed by atoms with Gasteiger partial charge in [-0.05, 0) is 55.0 Å². The molecular formula is C18H19NO. The van der Waals surface area contributed by atoms with Crippen molar-refractivity contribution in [1.82, 2.24) is 0 Å². The minimum Gasteiger partial charge on any atom is -0.507 e. The lowest BCUT2D eigenvalue weighted by atomic mass is 10.0. The van der Waals surface area contributed by atoms with E-state index in [-0.39, 0.29) is 0 Å². The first-order chi connectivity index (χ1) is 9.70. The topological polar surface area (TPSA) is 23.5 Å². The van der Waals surface area contributed by atoms with E-state index in [1.165, 1.54) is 30.8 Å². The van der Waals surface area contributed by atoms with Gasteiger partial charge < -0.3 is 10.0 Å². The average Bonchev–Trinajstić information content (AvgIpc) is 3.08. The Balaban J connectivity index is 1.70. The van der Waals surface area contributed by atoms with Gasteiger partial charge in [-0.25, -0.2) is 0 Å². The molecular weight excluding hydrogens is 246 g/mol. The van der Waals surface area contributed by atoms with Crippen molar-refractivity contribution in [2.75, 3.05) is 18.0 Å². The number of nitrogens with zero attached hydrogens (tertiary/aromatic N) is 1. The molecule has 4 rings (SSSR count). The van der Waals surface area contributed by atoms with E-state index in [0.717, 1.165) is 23.0 Å². The summed E-state index contributed by atoms with van der Waals surface area (Å²) in [7, 11) is 0. The molecule has 0 spiro atoms. The lowest BCUT2D eigenvalue weighted by Gasteiger charge is -2.21. The van der Waals surface area contributed by atoms with Crippen LogP contribution in [0.15, 0.2) is 42.5 Å². The van der Waals surface area contributed by atoms with Crippen LogP contribution in [0.2, 0.25) is 0 Å². The third kappa shape index (κ3) is 1.96. The molecule has 1 aliphatic heterocycles. The Hall–Kier alpha value is -1.96. The number of aryl methyl sites for hydroxylation is 1. The van der Waals surface area contributed by atoms with Crippen molar-refractivity contribution in [1.29, 1.82) is 0 Å². The lowest BCUT2D eigenvalue weighted by molar-refractivity contribution is 0.477. The van der Waals surface area contributed by atoms with Crippen LogP contribution in [0.3, 0.4) is 0 Å². The van der Waals surface area contributed by atoms with Crippen LogP contribution in [-0.4, -0.2) is 18.2 Å². The van der Waals surface area contributed by atoms with Gasteiger partial charge in [0.15, 0.2) is 0 Å². The number of hydrogen-bond donors (Lipinski definition) is 1. The molecule has 1 saturated carbocycles. The Morgan fingerprint density at radius 2 is 1.85 bits per heavy atom. The third-order valence-electron chi connectivity index (χ3n) is 4.65. The van der Waals surface area contributed by atoms with E-state index in [4.69, 9.17) is 0 Å². The van der Waals surface area contributed by atoms with Gasteiger partial charge in [0, 0.05) is 24.3 Å². The standard InChI is InChI=1S/C18H19NO/c1-12-5-6-18(20)17(7-12)13-3-2-4-16(9-13)19-10-14-8-15(14)11-19/h2-7,9,14-15,20H,8,10-11H2,1H3. The Bertz CT molecular complexity index is 654. The maximum atomic E-state index is 10.1. The highest BCUT2D eigenvalue weighted by atomic mass is 16.3. The van der Waals surface area contributed by atoms with Gasteiger partial charge in [-0.15, -0.1) is 0 Å². The molecule has 0 bridgehead atoms. The molecule has 1 aliphatic carbocycles. The molecule has 0 radical (unpaired) electrons. The second kappa shape index (κ2) is 4.27. The number of piperidine rings is 1. The van der Waals surface area contributed by atoms with Crippen LogP contribution in [0, 0.1) is 18.8 Å². The van der Waals surface area contributed by atoms with Crippen molar-refractivity contribution >= 4 is 5.69 Å². The van der Waals surface area contributed by atoms with Gasteiger partial charge in [-0.3, -0.25) is 0 Å². The summed E-state index contributed by atoms with van der Waals surface area (Å²) in [6.07, 6.45) is 1.43. The van der Waals surface area contributed by atoms with Gasteiger partial charge in [0.05, 0.1) is 0 Å². The van der Waals surface area contributed by atoms with Gasteiger partial charge in [-0.1, -0.05) is 23.8 Å². The number of benzene rings is 2. The first kappa shape index (κ1) is 11.8. The molecule has 0 amide bonds. The zero-order valence-electron chi connectivity index (χ0n) is 11.7. The molecule has 1 N–H and O–H groups in total. The van der Waals surface area contributed by atoms with Crippen molar-refractivity contribution in [2.45, 2.75) is 13.3 Å². The first-order valence-electron chi connectivity index (χ1n) is 7.36. The van der Waals surface area contributed by atoms with E-state index in [9.17, 15) is 5.11 Å². The highest BCUT2D eigenvalue weighted by Gasteiger charge is 2.45. The van der Waals surface area contributed by atoms with Gasteiger partial charge in [-0.2, -0.15) is 0 Å². The quantitative estimate of drug-likeness (QED) is 0.892. The van der Waals surface area contributed by atoms with E-state index in [0.29, 0.717) is 5.75 Å². The summed E-state index contributed by atoms with van der Waals surface area (Å²) in [6, 6.07) is 14.3. The van der Waals surface area contributed by atoms with Crippen molar-refractivity contribution in [3.63, 3.8) is 0 Å². The minimum absolute atomic E-state index is 0.358. The Morgan fingerprint density at radius 3 is 2.65 bits per heavy atom. The maximum Gasteiger partial charge on any atom is 0.123 e. The molecule has 102 valence electrons. The minimum atomic E-state index is 0.358. The summed E-state index contributed by atoms with van der Waals surface area (Å²) >= 11 is 0. The molecule has 1 heterocycles. The van der Waals surface area contributed by atoms with Crippen LogP contribution in [0.4, 0.5) is 5.69 Å². The van der Waals surface area contributed by atoms with Gasteiger partial charge >= 0.3 is 0 Å². The SMILES string of the molecule is Cc1ccc(O)c(-c2cccc(N3CC4CC4C3)c2)c1. The molecule has 1 saturated heterocycles. The molecule has 2 heteroatoms. The Kier molecular flexibility index (Phi) is 2.53. The molecule has 20 heavy (non-hydrogen) atoms. The molecule has 0 aromatic heterocycles. The Morgan fingerprint density at radius 1 is 1.05 bits per heavy atom. The molecule has 2 atom stereocenters. The number of hydrogen-bond acceptors (Lipinski definition) is 2. The van der Waals surface area contributed by atoms with Crippen LogP contribution < -0.4 is 4.90 Å². The van der Waals surface area contributed by atoms with Crippen LogP contribution in [0.1, 0.15) is 12.0 Å². The first-order valence-corrected chi connectivity index (χ1v) is 7.36. The summed E-state index contributed by atoms with van der Waals surface area (Å²) < 4.78 is 0. The van der Waals surface area contributed by atoms with Gasteiger partial charge in [0.25, 0.3) is 0 Å². The van der Waals surface area contributed by atoms with Crippen LogP contribution in [0.25, 0.3) is 11.1 Å². The molecule has 2 nitrogen and oxygen atoms in total. The number of aromatic hydroxyl groups is 1. The zero-order chi connectivity index (χ0) is 13.7. The lowest BCUT2D eigenvalue weighted by Crippen LogP contribution is -2.21. The Labute approximate surface area is 119 Å². The largest absolute Gasteiger partial charge is 0.507 e. The van der Waals surface area contributed by atoms with Crippen molar-refractivity contribution in [2.24, 2.45) is 11.8 Å². The number of phenols is 1. The molecule has 2 aromatic carbocycles. The summed E-state index contributed by atoms with van der Waals surface area (Å²) in [4.78, 5) is 2.48. The molecule has 2 aromatic rings. The van der Waals surface area contributed by atoms with E-state index < -0.39 is 0 Å². The van der Waals surface area contributed by atoms with Crippen molar-refractivity contribution in [3.8, 4) is 16.9 Å². The van der Waals surface area contributed by atoms with Crippen LogP contribution in [0.5, 0.6) is 5.75 Å². The predicted molar refractivity (Wildman–Crippen MR) is 82.1 cm³/mol. The second-order valence-electron chi connectivity index (χ2n) is 6.23. The van der Waals surface area contributed by atoms with Gasteiger partial charge in [0.2, 0.25) is 0 Å². The fraction of sp³-hybridized carbons (Fsp3) is 0.333. The number of phenolic OH excluding ortho intramolecular Hbond substituents is 1. The normalized spacial score (nSPS) is 23.8. The van der Waals surface area contributed by atoms with Crippen LogP contribution in [-0.2, 0) is 0 Å². The number of rotatable bonds is 2. The van der Waals surface area contributed by atoms with E-state index in [1.54, 1.807) is 6.07 Å². The monoisotopic (exact) mass is 265 g/mol. The third-order valence-corrected chi connectivity index (χ3v) is 4.65. The zero-order valence-corrected chi connectivity index (χ0v) is 11.7. The molecule has 2 fully saturated rings. The number of anilines is 1. The van der Waals surface area contributed by atoms with E-state index in [1.807, 2.05) is 6.07 Å². The smallest absolute Gasteiger partial charge is 0.123 e. The summed E-state index contributed by atoms with van der Waals surface area (Å²) in [5, 5.41) is 10.1. The van der Waals surface area contributed by atoms with E-state index >= 15 is 0 Å². The number of fused-ring (bicyclic) bond motifs is 1. The second-order valence-corrected chi connectivity index (χ2v) is 6.23. The fourth-order valence-electron chi connectivity index (χ4n) is 3.36. The van der Waals surface area contributed by atoms with E-state index in [2.05, 4.69) is 42.2 Å². The molecule has 2 aliphatic rings. The highest BCUT2D eigenvalue weighted by Crippen LogP contribution is 2.46. The maximum absolute atomic E-state index is 10.1. The summed E-state index contributed by atoms with van der Waals surface area (Å²) in [6.45, 7) is 4.46. The molecule has 2 unspecified atom stereocenters. The van der Waals surface area contributed by atoms with Crippen LogP contribution >= 0.6 is 0 Å². The van der Waals surface area contributed by atoms with Gasteiger partial charge in [0.1, 0.15) is 5.75 Å².